The number of hydrogen-bond donors (Lipinski definition) is 2. The summed E-state index contributed by atoms with van der Waals surface area (Å²) < 4.78 is 0. The minimum absolute atomic E-state index is 0.489. The van der Waals surface area contributed by atoms with Gasteiger partial charge in [-0.25, -0.2) is 9.97 Å². The number of nitrogens with two attached hydrogens (primary N) is 1. The van der Waals surface area contributed by atoms with E-state index in [1.165, 1.54) is 6.33 Å². The van der Waals surface area contributed by atoms with Gasteiger partial charge >= 0.3 is 0 Å². The van der Waals surface area contributed by atoms with Crippen LogP contribution in [0.3, 0.4) is 0 Å². The van der Waals surface area contributed by atoms with Gasteiger partial charge in [0.2, 0.25) is 0 Å². The van der Waals surface area contributed by atoms with E-state index in [9.17, 15) is 0 Å². The Morgan fingerprint density at radius 2 is 2.29 bits per heavy atom. The third-order valence-electron chi connectivity index (χ3n) is 3.23. The van der Waals surface area contributed by atoms with E-state index in [0.29, 0.717) is 11.7 Å². The molecule has 6 nitrogen and oxygen atoms in total. The third-order valence-corrected chi connectivity index (χ3v) is 3.23. The third kappa shape index (κ3) is 3.04. The zero-order chi connectivity index (χ0) is 12.3. The maximum atomic E-state index is 5.79. The fraction of sp³-hybridized carbons (Fsp3) is 0.636. The van der Waals surface area contributed by atoms with Gasteiger partial charge in [0.1, 0.15) is 6.33 Å². The minimum atomic E-state index is 0.489. The number of piperazine rings is 1. The van der Waals surface area contributed by atoms with E-state index in [4.69, 9.17) is 5.73 Å². The molecule has 1 aromatic rings. The second kappa shape index (κ2) is 5.29. The monoisotopic (exact) mass is 236 g/mol. The summed E-state index contributed by atoms with van der Waals surface area (Å²) in [5.74, 6) is 0.724. The molecule has 1 aliphatic heterocycles. The van der Waals surface area contributed by atoms with Crippen LogP contribution in [0.2, 0.25) is 0 Å². The molecule has 94 valence electrons. The number of nitrogens with zero attached hydrogens (tertiary/aromatic N) is 4. The Hall–Kier alpha value is -1.40. The first kappa shape index (κ1) is 12.1. The molecule has 1 unspecified atom stereocenters. The summed E-state index contributed by atoms with van der Waals surface area (Å²) in [5.41, 5.74) is 6.38. The van der Waals surface area contributed by atoms with Crippen molar-refractivity contribution in [2.75, 3.05) is 51.3 Å². The highest BCUT2D eigenvalue weighted by molar-refractivity contribution is 5.58. The van der Waals surface area contributed by atoms with E-state index in [0.717, 1.165) is 32.0 Å². The van der Waals surface area contributed by atoms with Gasteiger partial charge in [-0.05, 0) is 14.1 Å². The molecule has 17 heavy (non-hydrogen) atoms. The van der Waals surface area contributed by atoms with Crippen molar-refractivity contribution in [1.29, 1.82) is 0 Å². The van der Waals surface area contributed by atoms with Crippen LogP contribution in [0.25, 0.3) is 0 Å². The van der Waals surface area contributed by atoms with Crippen LogP contribution in [0.15, 0.2) is 12.5 Å². The fourth-order valence-corrected chi connectivity index (χ4v) is 2.02. The van der Waals surface area contributed by atoms with Crippen molar-refractivity contribution in [3.05, 3.63) is 12.5 Å². The first-order valence-corrected chi connectivity index (χ1v) is 5.85. The van der Waals surface area contributed by atoms with Gasteiger partial charge in [-0.3, -0.25) is 4.90 Å². The lowest BCUT2D eigenvalue weighted by Crippen LogP contribution is -2.52. The molecule has 0 spiro atoms. The van der Waals surface area contributed by atoms with Crippen LogP contribution in [-0.4, -0.2) is 66.1 Å². The Kier molecular flexibility index (Phi) is 3.75. The molecule has 1 saturated heterocycles. The van der Waals surface area contributed by atoms with Crippen LogP contribution in [0.4, 0.5) is 11.5 Å². The number of nitrogens with one attached hydrogen (secondary N) is 1. The zero-order valence-corrected chi connectivity index (χ0v) is 10.4. The summed E-state index contributed by atoms with van der Waals surface area (Å²) in [6.45, 7) is 4.14. The van der Waals surface area contributed by atoms with Crippen LogP contribution in [0.1, 0.15) is 0 Å². The topological polar surface area (TPSA) is 70.3 Å². The van der Waals surface area contributed by atoms with Gasteiger partial charge in [-0.1, -0.05) is 0 Å². The van der Waals surface area contributed by atoms with Crippen molar-refractivity contribution in [1.82, 2.24) is 19.8 Å². The van der Waals surface area contributed by atoms with Crippen LogP contribution in [0.5, 0.6) is 0 Å². The van der Waals surface area contributed by atoms with Gasteiger partial charge in [-0.2, -0.15) is 0 Å². The summed E-state index contributed by atoms with van der Waals surface area (Å²) >= 11 is 0. The Bertz CT molecular complexity index is 369. The predicted octanol–water partition coefficient (Wildman–Crippen LogP) is -0.283. The Labute approximate surface area is 102 Å². The number of likely N-dealkylation sites (N-methyl/N-ethyl adjacent to an activating group) is 2. The lowest BCUT2D eigenvalue weighted by atomic mass is 10.2. The standard InChI is InChI=1S/C11H20N6/c1-16-3-4-17(2)9(7-16)5-14-11-10(12)6-13-8-15-11/h6,8-9H,3-5,7,12H2,1-2H3,(H,13,14,15). The second-order valence-electron chi connectivity index (χ2n) is 4.60. The van der Waals surface area contributed by atoms with Gasteiger partial charge < -0.3 is 16.0 Å². The molecule has 0 radical (unpaired) electrons. The van der Waals surface area contributed by atoms with Gasteiger partial charge in [0.05, 0.1) is 11.9 Å². The molecule has 1 fully saturated rings. The molecule has 0 aromatic carbocycles. The van der Waals surface area contributed by atoms with Crippen molar-refractivity contribution in [2.24, 2.45) is 0 Å². The lowest BCUT2D eigenvalue weighted by molar-refractivity contribution is 0.122. The smallest absolute Gasteiger partial charge is 0.152 e. The maximum absolute atomic E-state index is 5.79. The van der Waals surface area contributed by atoms with Gasteiger partial charge in [-0.15, -0.1) is 0 Å². The van der Waals surface area contributed by atoms with E-state index in [1.54, 1.807) is 6.20 Å². The summed E-state index contributed by atoms with van der Waals surface area (Å²) in [4.78, 5) is 12.7. The summed E-state index contributed by atoms with van der Waals surface area (Å²) in [6, 6.07) is 0.489. The van der Waals surface area contributed by atoms with Gasteiger partial charge in [0.15, 0.2) is 5.82 Å². The molecule has 6 heteroatoms. The number of hydrogen-bond acceptors (Lipinski definition) is 6. The molecule has 0 bridgehead atoms. The molecule has 0 amide bonds. The normalized spacial score (nSPS) is 22.6. The predicted molar refractivity (Wildman–Crippen MR) is 68.8 cm³/mol. The van der Waals surface area contributed by atoms with Crippen molar-refractivity contribution < 1.29 is 0 Å². The fourth-order valence-electron chi connectivity index (χ4n) is 2.02. The number of anilines is 2. The van der Waals surface area contributed by atoms with Crippen molar-refractivity contribution in [3.63, 3.8) is 0 Å². The first-order chi connectivity index (χ1) is 8.16. The summed E-state index contributed by atoms with van der Waals surface area (Å²) in [5, 5.41) is 3.29. The van der Waals surface area contributed by atoms with Crippen LogP contribution < -0.4 is 11.1 Å². The Morgan fingerprint density at radius 1 is 1.47 bits per heavy atom. The number of nitrogen functional groups attached to an aromatic ring is 1. The second-order valence-corrected chi connectivity index (χ2v) is 4.60. The molecule has 0 aliphatic carbocycles. The maximum Gasteiger partial charge on any atom is 0.152 e. The molecule has 2 heterocycles. The quantitative estimate of drug-likeness (QED) is 0.752. The van der Waals surface area contributed by atoms with Crippen LogP contribution in [0, 0.1) is 0 Å². The van der Waals surface area contributed by atoms with Crippen LogP contribution in [-0.2, 0) is 0 Å². The average molecular weight is 236 g/mol. The number of aromatic nitrogens is 2. The molecule has 1 aromatic heterocycles. The van der Waals surface area contributed by atoms with E-state index in [1.807, 2.05) is 0 Å². The van der Waals surface area contributed by atoms with E-state index in [-0.39, 0.29) is 0 Å². The first-order valence-electron chi connectivity index (χ1n) is 5.85. The SMILES string of the molecule is CN1CCN(C)C(CNc2ncncc2N)C1. The molecule has 0 saturated carbocycles. The van der Waals surface area contributed by atoms with E-state index < -0.39 is 0 Å². The molecular weight excluding hydrogens is 216 g/mol. The molecular formula is C11H20N6. The van der Waals surface area contributed by atoms with Gasteiger partial charge in [0.25, 0.3) is 0 Å². The van der Waals surface area contributed by atoms with Crippen molar-refractivity contribution in [3.8, 4) is 0 Å². The zero-order valence-electron chi connectivity index (χ0n) is 10.4. The average Bonchev–Trinajstić information content (AvgIpc) is 2.32. The van der Waals surface area contributed by atoms with Crippen molar-refractivity contribution >= 4 is 11.5 Å². The van der Waals surface area contributed by atoms with Crippen molar-refractivity contribution in [2.45, 2.75) is 6.04 Å². The highest BCUT2D eigenvalue weighted by Crippen LogP contribution is 2.13. The van der Waals surface area contributed by atoms with E-state index in [2.05, 4.69) is 39.2 Å². The molecule has 2 rings (SSSR count). The largest absolute Gasteiger partial charge is 0.394 e. The molecule has 3 N–H and O–H groups in total. The Morgan fingerprint density at radius 3 is 3.06 bits per heavy atom. The van der Waals surface area contributed by atoms with Gasteiger partial charge in [0, 0.05) is 32.2 Å². The molecule has 1 aliphatic rings. The Balaban J connectivity index is 1.91. The molecule has 1 atom stereocenters. The number of rotatable bonds is 3. The van der Waals surface area contributed by atoms with E-state index >= 15 is 0 Å². The summed E-state index contributed by atoms with van der Waals surface area (Å²) in [6.07, 6.45) is 3.13. The highest BCUT2D eigenvalue weighted by Gasteiger charge is 2.21. The van der Waals surface area contributed by atoms with Crippen LogP contribution >= 0.6 is 0 Å². The lowest BCUT2D eigenvalue weighted by Gasteiger charge is -2.37. The minimum Gasteiger partial charge on any atom is -0.394 e. The summed E-state index contributed by atoms with van der Waals surface area (Å²) in [7, 11) is 4.31. The highest BCUT2D eigenvalue weighted by atomic mass is 15.3.